The van der Waals surface area contributed by atoms with Gasteiger partial charge in [0.15, 0.2) is 0 Å². The third kappa shape index (κ3) is 5.57. The van der Waals surface area contributed by atoms with Crippen LogP contribution in [0, 0.1) is 5.92 Å². The largest absolute Gasteiger partial charge is 0.309 e. The molecule has 0 aromatic carbocycles. The lowest BCUT2D eigenvalue weighted by Crippen LogP contribution is -2.19. The van der Waals surface area contributed by atoms with Crippen molar-refractivity contribution in [2.75, 3.05) is 20.6 Å². The van der Waals surface area contributed by atoms with Crippen LogP contribution in [0.1, 0.15) is 13.3 Å². The van der Waals surface area contributed by atoms with Gasteiger partial charge in [-0.2, -0.15) is 0 Å². The molecule has 0 N–H and O–H groups in total. The Morgan fingerprint density at radius 3 is 2.44 bits per heavy atom. The van der Waals surface area contributed by atoms with Gasteiger partial charge in [-0.05, 0) is 26.4 Å². The fourth-order valence-electron chi connectivity index (χ4n) is 0.982. The highest BCUT2D eigenvalue weighted by Gasteiger charge is 1.98. The average molecular weight is 127 g/mol. The van der Waals surface area contributed by atoms with Crippen LogP contribution < -0.4 is 0 Å². The zero-order valence-electron chi connectivity index (χ0n) is 6.72. The summed E-state index contributed by atoms with van der Waals surface area (Å²) >= 11 is 0. The first-order chi connectivity index (χ1) is 4.16. The zero-order valence-corrected chi connectivity index (χ0v) is 6.72. The van der Waals surface area contributed by atoms with Crippen molar-refractivity contribution >= 4 is 0 Å². The second-order valence-electron chi connectivity index (χ2n) is 2.89. The highest BCUT2D eigenvalue weighted by atomic mass is 15.0. The molecule has 0 aliphatic heterocycles. The molecule has 0 radical (unpaired) electrons. The van der Waals surface area contributed by atoms with Crippen molar-refractivity contribution in [1.29, 1.82) is 0 Å². The van der Waals surface area contributed by atoms with Gasteiger partial charge in [0.25, 0.3) is 0 Å². The second kappa shape index (κ2) is 4.57. The van der Waals surface area contributed by atoms with E-state index in [1.54, 1.807) is 0 Å². The Bertz CT molecular complexity index is 76.6. The first-order valence-corrected chi connectivity index (χ1v) is 3.42. The highest BCUT2D eigenvalue weighted by molar-refractivity contribution is 4.71. The van der Waals surface area contributed by atoms with Gasteiger partial charge in [-0.3, -0.25) is 0 Å². The Morgan fingerprint density at radius 2 is 2.11 bits per heavy atom. The first-order valence-electron chi connectivity index (χ1n) is 3.42. The molecule has 0 aliphatic rings. The van der Waals surface area contributed by atoms with Crippen molar-refractivity contribution in [3.8, 4) is 0 Å². The summed E-state index contributed by atoms with van der Waals surface area (Å²) in [5, 5.41) is 0. The van der Waals surface area contributed by atoms with Crippen molar-refractivity contribution in [1.82, 2.24) is 4.90 Å². The summed E-state index contributed by atoms with van der Waals surface area (Å²) < 4.78 is 0. The van der Waals surface area contributed by atoms with Gasteiger partial charge in [0.1, 0.15) is 0 Å². The molecule has 0 aliphatic carbocycles. The van der Waals surface area contributed by atoms with Crippen LogP contribution in [0.2, 0.25) is 0 Å². The molecule has 0 fully saturated rings. The number of hydrogen-bond acceptors (Lipinski definition) is 1. The van der Waals surface area contributed by atoms with Crippen LogP contribution in [-0.4, -0.2) is 25.5 Å². The van der Waals surface area contributed by atoms with E-state index in [1.165, 1.54) is 0 Å². The Labute approximate surface area is 58.4 Å². The van der Waals surface area contributed by atoms with Crippen LogP contribution in [0.4, 0.5) is 0 Å². The van der Waals surface area contributed by atoms with Crippen molar-refractivity contribution in [2.45, 2.75) is 13.3 Å². The fraction of sp³-hybridized carbons (Fsp3) is 0.750. The lowest BCUT2D eigenvalue weighted by molar-refractivity contribution is 0.341. The van der Waals surface area contributed by atoms with Crippen LogP contribution >= 0.6 is 0 Å². The molecular formula is C8H17N. The SMILES string of the molecule is C=CCC(C)CN(C)C. The molecule has 0 spiro atoms. The van der Waals surface area contributed by atoms with Gasteiger partial charge in [-0.15, -0.1) is 6.58 Å². The van der Waals surface area contributed by atoms with Crippen molar-refractivity contribution in [2.24, 2.45) is 5.92 Å². The van der Waals surface area contributed by atoms with E-state index < -0.39 is 0 Å². The summed E-state index contributed by atoms with van der Waals surface area (Å²) in [6, 6.07) is 0. The van der Waals surface area contributed by atoms with Crippen LogP contribution in [-0.2, 0) is 0 Å². The minimum atomic E-state index is 0.748. The van der Waals surface area contributed by atoms with Gasteiger partial charge in [-0.25, -0.2) is 0 Å². The molecule has 1 unspecified atom stereocenters. The van der Waals surface area contributed by atoms with E-state index in [2.05, 4.69) is 32.5 Å². The molecule has 0 rings (SSSR count). The summed E-state index contributed by atoms with van der Waals surface area (Å²) in [7, 11) is 4.19. The standard InChI is InChI=1S/C8H17N/c1-5-6-8(2)7-9(3)4/h5,8H,1,6-7H2,2-4H3. The summed E-state index contributed by atoms with van der Waals surface area (Å²) in [6.07, 6.45) is 3.10. The maximum absolute atomic E-state index is 3.69. The van der Waals surface area contributed by atoms with Gasteiger partial charge in [0, 0.05) is 6.54 Å². The van der Waals surface area contributed by atoms with Crippen LogP contribution in [0.25, 0.3) is 0 Å². The monoisotopic (exact) mass is 127 g/mol. The third-order valence-corrected chi connectivity index (χ3v) is 1.25. The van der Waals surface area contributed by atoms with Gasteiger partial charge in [-0.1, -0.05) is 13.0 Å². The minimum absolute atomic E-state index is 0.748. The van der Waals surface area contributed by atoms with Gasteiger partial charge in [0.2, 0.25) is 0 Å². The molecule has 0 amide bonds. The summed E-state index contributed by atoms with van der Waals surface area (Å²) in [5.41, 5.74) is 0. The molecule has 0 aromatic heterocycles. The van der Waals surface area contributed by atoms with E-state index in [-0.39, 0.29) is 0 Å². The fourth-order valence-corrected chi connectivity index (χ4v) is 0.982. The molecule has 0 bridgehead atoms. The van der Waals surface area contributed by atoms with E-state index in [0.717, 1.165) is 18.9 Å². The lowest BCUT2D eigenvalue weighted by Gasteiger charge is -2.14. The predicted octanol–water partition coefficient (Wildman–Crippen LogP) is 1.76. The van der Waals surface area contributed by atoms with Crippen LogP contribution in [0.3, 0.4) is 0 Å². The Hall–Kier alpha value is -0.300. The maximum atomic E-state index is 3.69. The van der Waals surface area contributed by atoms with Crippen molar-refractivity contribution < 1.29 is 0 Å². The molecule has 0 saturated carbocycles. The highest BCUT2D eigenvalue weighted by Crippen LogP contribution is 2.01. The summed E-state index contributed by atoms with van der Waals surface area (Å²) in [5.74, 6) is 0.748. The number of nitrogens with zero attached hydrogens (tertiary/aromatic N) is 1. The molecule has 54 valence electrons. The molecule has 1 nitrogen and oxygen atoms in total. The Balaban J connectivity index is 3.25. The van der Waals surface area contributed by atoms with Crippen molar-refractivity contribution in [3.05, 3.63) is 12.7 Å². The second-order valence-corrected chi connectivity index (χ2v) is 2.89. The molecule has 0 heterocycles. The Morgan fingerprint density at radius 1 is 1.56 bits per heavy atom. The smallest absolute Gasteiger partial charge is 0.000388 e. The van der Waals surface area contributed by atoms with E-state index in [4.69, 9.17) is 0 Å². The molecule has 0 saturated heterocycles. The van der Waals surface area contributed by atoms with E-state index in [9.17, 15) is 0 Å². The van der Waals surface area contributed by atoms with E-state index in [1.807, 2.05) is 6.08 Å². The number of hydrogen-bond donors (Lipinski definition) is 0. The number of rotatable bonds is 4. The maximum Gasteiger partial charge on any atom is 0.000388 e. The van der Waals surface area contributed by atoms with Gasteiger partial charge in [0.05, 0.1) is 0 Å². The normalized spacial score (nSPS) is 13.8. The van der Waals surface area contributed by atoms with E-state index >= 15 is 0 Å². The lowest BCUT2D eigenvalue weighted by atomic mass is 10.1. The minimum Gasteiger partial charge on any atom is -0.309 e. The van der Waals surface area contributed by atoms with Crippen molar-refractivity contribution in [3.63, 3.8) is 0 Å². The zero-order chi connectivity index (χ0) is 7.28. The van der Waals surface area contributed by atoms with Gasteiger partial charge >= 0.3 is 0 Å². The first kappa shape index (κ1) is 8.70. The molecule has 9 heavy (non-hydrogen) atoms. The summed E-state index contributed by atoms with van der Waals surface area (Å²) in [6.45, 7) is 7.09. The molecule has 1 atom stereocenters. The predicted molar refractivity (Wildman–Crippen MR) is 42.5 cm³/mol. The van der Waals surface area contributed by atoms with E-state index in [0.29, 0.717) is 0 Å². The molecule has 0 aromatic rings. The topological polar surface area (TPSA) is 3.24 Å². The number of allylic oxidation sites excluding steroid dienone is 1. The Kier molecular flexibility index (Phi) is 4.41. The average Bonchev–Trinajstić information content (AvgIpc) is 1.63. The molecular weight excluding hydrogens is 110 g/mol. The third-order valence-electron chi connectivity index (χ3n) is 1.25. The molecule has 1 heteroatoms. The summed E-state index contributed by atoms with van der Waals surface area (Å²) in [4.78, 5) is 2.20. The van der Waals surface area contributed by atoms with Crippen LogP contribution in [0.5, 0.6) is 0 Å². The quantitative estimate of drug-likeness (QED) is 0.520. The van der Waals surface area contributed by atoms with Crippen LogP contribution in [0.15, 0.2) is 12.7 Å². The van der Waals surface area contributed by atoms with Gasteiger partial charge < -0.3 is 4.90 Å².